The van der Waals surface area contributed by atoms with Crippen LogP contribution in [-0.2, 0) is 11.2 Å². The van der Waals surface area contributed by atoms with Crippen LogP contribution in [0, 0.1) is 5.92 Å². The molecule has 3 rings (SSSR count). The van der Waals surface area contributed by atoms with E-state index in [1.807, 2.05) is 24.1 Å². The lowest BCUT2D eigenvalue weighted by molar-refractivity contribution is -0.122. The fraction of sp³-hybridized carbons (Fsp3) is 0.522. The molecule has 2 heterocycles. The third kappa shape index (κ3) is 6.82. The van der Waals surface area contributed by atoms with Gasteiger partial charge in [-0.2, -0.15) is 0 Å². The van der Waals surface area contributed by atoms with Gasteiger partial charge in [-0.25, -0.2) is 4.68 Å². The maximum absolute atomic E-state index is 12.8. The molecule has 1 amide bonds. The van der Waals surface area contributed by atoms with E-state index in [-0.39, 0.29) is 17.9 Å². The highest BCUT2D eigenvalue weighted by Crippen LogP contribution is 2.18. The molecule has 1 atom stereocenters. The van der Waals surface area contributed by atoms with Crippen LogP contribution in [0.15, 0.2) is 35.1 Å². The molecule has 0 saturated carbocycles. The van der Waals surface area contributed by atoms with Crippen LogP contribution in [0.4, 0.5) is 0 Å². The lowest BCUT2D eigenvalue weighted by Gasteiger charge is -2.34. The molecular formula is C23H34N4O4. The minimum atomic E-state index is -0.250. The summed E-state index contributed by atoms with van der Waals surface area (Å²) in [6, 6.07) is 8.91. The Balaban J connectivity index is 0.00000107. The van der Waals surface area contributed by atoms with Crippen molar-refractivity contribution in [2.75, 3.05) is 33.2 Å². The number of carbonyl (C=O) groups is 2. The van der Waals surface area contributed by atoms with Crippen LogP contribution in [0.25, 0.3) is 5.69 Å². The molecule has 1 aromatic carbocycles. The van der Waals surface area contributed by atoms with Gasteiger partial charge in [0.05, 0.1) is 5.69 Å². The Bertz CT molecular complexity index is 888. The minimum absolute atomic E-state index is 0.0330. The van der Waals surface area contributed by atoms with Crippen molar-refractivity contribution in [1.82, 2.24) is 19.6 Å². The second kappa shape index (κ2) is 12.1. The monoisotopic (exact) mass is 430 g/mol. The van der Waals surface area contributed by atoms with E-state index in [1.54, 1.807) is 18.2 Å². The van der Waals surface area contributed by atoms with Gasteiger partial charge in [0.25, 0.3) is 17.9 Å². The first-order valence-electron chi connectivity index (χ1n) is 10.9. The van der Waals surface area contributed by atoms with Crippen LogP contribution >= 0.6 is 0 Å². The lowest BCUT2D eigenvalue weighted by Crippen LogP contribution is -2.41. The van der Waals surface area contributed by atoms with Crippen LogP contribution in [0.5, 0.6) is 0 Å². The number of aromatic nitrogens is 2. The molecule has 0 radical (unpaired) electrons. The van der Waals surface area contributed by atoms with E-state index in [4.69, 9.17) is 9.90 Å². The summed E-state index contributed by atoms with van der Waals surface area (Å²) in [5.41, 5.74) is 2.26. The molecule has 8 nitrogen and oxygen atoms in total. The highest BCUT2D eigenvalue weighted by molar-refractivity contribution is 5.94. The van der Waals surface area contributed by atoms with Gasteiger partial charge in [-0.15, -0.1) is 0 Å². The molecule has 0 aliphatic carbocycles. The van der Waals surface area contributed by atoms with E-state index in [1.165, 1.54) is 24.1 Å². The fourth-order valence-electron chi connectivity index (χ4n) is 4.06. The number of rotatable bonds is 7. The van der Waals surface area contributed by atoms with Crippen molar-refractivity contribution in [2.24, 2.45) is 5.92 Å². The lowest BCUT2D eigenvalue weighted by atomic mass is 9.97. The van der Waals surface area contributed by atoms with Gasteiger partial charge >= 0.3 is 0 Å². The van der Waals surface area contributed by atoms with E-state index >= 15 is 0 Å². The highest BCUT2D eigenvalue weighted by atomic mass is 16.3. The number of carboxylic acid groups (broad SMARTS) is 1. The number of aryl methyl sites for hydroxylation is 1. The molecule has 1 aromatic heterocycles. The zero-order chi connectivity index (χ0) is 22.8. The van der Waals surface area contributed by atoms with Gasteiger partial charge in [0.15, 0.2) is 0 Å². The van der Waals surface area contributed by atoms with Crippen molar-refractivity contribution in [3.63, 3.8) is 0 Å². The summed E-state index contributed by atoms with van der Waals surface area (Å²) in [7, 11) is 1.88. The van der Waals surface area contributed by atoms with Crippen LogP contribution in [0.1, 0.15) is 49.2 Å². The van der Waals surface area contributed by atoms with Gasteiger partial charge in [-0.3, -0.25) is 19.5 Å². The number of hydrogen-bond acceptors (Lipinski definition) is 4. The Hall–Kier alpha value is -2.87. The van der Waals surface area contributed by atoms with Gasteiger partial charge in [-0.1, -0.05) is 20.3 Å². The van der Waals surface area contributed by atoms with Crippen molar-refractivity contribution in [3.8, 4) is 5.69 Å². The van der Waals surface area contributed by atoms with Crippen molar-refractivity contribution in [2.45, 2.75) is 39.5 Å². The number of amides is 1. The van der Waals surface area contributed by atoms with Crippen molar-refractivity contribution < 1.29 is 14.7 Å². The number of aromatic amines is 1. The van der Waals surface area contributed by atoms with Crippen LogP contribution < -0.4 is 5.56 Å². The summed E-state index contributed by atoms with van der Waals surface area (Å²) in [5, 5.41) is 10.0. The van der Waals surface area contributed by atoms with Gasteiger partial charge in [0, 0.05) is 37.5 Å². The zero-order valence-electron chi connectivity index (χ0n) is 18.7. The molecule has 31 heavy (non-hydrogen) atoms. The predicted octanol–water partition coefficient (Wildman–Crippen LogP) is 2.62. The smallest absolute Gasteiger partial charge is 0.290 e. The summed E-state index contributed by atoms with van der Waals surface area (Å²) >= 11 is 0. The van der Waals surface area contributed by atoms with Gasteiger partial charge in [0.2, 0.25) is 0 Å². The molecule has 0 spiro atoms. The summed E-state index contributed by atoms with van der Waals surface area (Å²) in [6.45, 7) is 8.13. The molecule has 2 N–H and O–H groups in total. The number of piperidine rings is 1. The number of benzene rings is 1. The topological polar surface area (TPSA) is 98.6 Å². The number of hydrogen-bond donors (Lipinski definition) is 2. The summed E-state index contributed by atoms with van der Waals surface area (Å²) in [5.74, 6) is 0.571. The quantitative estimate of drug-likeness (QED) is 0.658. The highest BCUT2D eigenvalue weighted by Gasteiger charge is 2.22. The fourth-order valence-corrected chi connectivity index (χ4v) is 4.06. The second-order valence-electron chi connectivity index (χ2n) is 7.94. The Morgan fingerprint density at radius 2 is 1.97 bits per heavy atom. The van der Waals surface area contributed by atoms with E-state index in [2.05, 4.69) is 23.8 Å². The molecule has 170 valence electrons. The number of nitrogens with one attached hydrogen (secondary N) is 1. The first-order chi connectivity index (χ1) is 14.9. The van der Waals surface area contributed by atoms with E-state index in [0.29, 0.717) is 11.5 Å². The average molecular weight is 431 g/mol. The van der Waals surface area contributed by atoms with Crippen LogP contribution in [0.2, 0.25) is 0 Å². The summed E-state index contributed by atoms with van der Waals surface area (Å²) in [6.07, 6.45) is 4.22. The number of H-pyrrole nitrogens is 1. The van der Waals surface area contributed by atoms with Crippen molar-refractivity contribution in [3.05, 3.63) is 51.9 Å². The molecule has 1 aliphatic heterocycles. The standard InChI is InChI=1S/C22H32N4O2.CH2O2/c1-4-7-19-14-21(27)26(23-19)20-11-9-18(10-12-20)22(28)24(3)15-17-8-6-13-25(5-2)16-17;2-1-3/h9-12,14,17,23H,4-8,13,15-16H2,1-3H3;1H,(H,2,3). The van der Waals surface area contributed by atoms with E-state index in [9.17, 15) is 9.59 Å². The van der Waals surface area contributed by atoms with Crippen molar-refractivity contribution in [1.29, 1.82) is 0 Å². The molecule has 1 fully saturated rings. The van der Waals surface area contributed by atoms with Gasteiger partial charge < -0.3 is 14.9 Å². The van der Waals surface area contributed by atoms with Gasteiger partial charge in [0.1, 0.15) is 0 Å². The third-order valence-corrected chi connectivity index (χ3v) is 5.59. The van der Waals surface area contributed by atoms with E-state index in [0.717, 1.165) is 43.9 Å². The van der Waals surface area contributed by atoms with E-state index < -0.39 is 0 Å². The molecule has 2 aromatic rings. The molecule has 1 unspecified atom stereocenters. The third-order valence-electron chi connectivity index (χ3n) is 5.59. The normalized spacial score (nSPS) is 16.3. The van der Waals surface area contributed by atoms with Crippen LogP contribution in [0.3, 0.4) is 0 Å². The molecule has 1 saturated heterocycles. The number of carbonyl (C=O) groups excluding carboxylic acids is 1. The Morgan fingerprint density at radius 3 is 2.58 bits per heavy atom. The first-order valence-corrected chi connectivity index (χ1v) is 10.9. The summed E-state index contributed by atoms with van der Waals surface area (Å²) < 4.78 is 1.53. The van der Waals surface area contributed by atoms with Gasteiger partial charge in [-0.05, 0) is 62.5 Å². The molecule has 1 aliphatic rings. The van der Waals surface area contributed by atoms with Crippen molar-refractivity contribution >= 4 is 12.4 Å². The number of nitrogens with zero attached hydrogens (tertiary/aromatic N) is 3. The Kier molecular flexibility index (Phi) is 9.52. The largest absolute Gasteiger partial charge is 0.483 e. The molecule has 0 bridgehead atoms. The molecule has 8 heteroatoms. The maximum atomic E-state index is 12.8. The summed E-state index contributed by atoms with van der Waals surface area (Å²) in [4.78, 5) is 37.6. The predicted molar refractivity (Wildman–Crippen MR) is 121 cm³/mol. The minimum Gasteiger partial charge on any atom is -0.483 e. The number of likely N-dealkylation sites (tertiary alicyclic amines) is 1. The zero-order valence-corrected chi connectivity index (χ0v) is 18.7. The Morgan fingerprint density at radius 1 is 1.29 bits per heavy atom. The maximum Gasteiger partial charge on any atom is 0.290 e. The SMILES string of the molecule is CCCc1cc(=O)n(-c2ccc(C(=O)N(C)CC3CCCN(CC)C3)cc2)[nH]1.O=CO. The van der Waals surface area contributed by atoms with Crippen LogP contribution in [-0.4, -0.2) is 70.3 Å². The Labute approximate surface area is 183 Å². The second-order valence-corrected chi connectivity index (χ2v) is 7.94. The first kappa shape index (κ1) is 24.4. The molecular weight excluding hydrogens is 396 g/mol. The average Bonchev–Trinajstić information content (AvgIpc) is 3.14.